The minimum absolute atomic E-state index is 0.0169. The predicted molar refractivity (Wildman–Crippen MR) is 113 cm³/mol. The van der Waals surface area contributed by atoms with E-state index in [0.717, 1.165) is 49.5 Å². The zero-order chi connectivity index (χ0) is 21.1. The van der Waals surface area contributed by atoms with Gasteiger partial charge in [-0.2, -0.15) is 0 Å². The minimum Gasteiger partial charge on any atom is -0.298 e. The number of amides is 1. The molecule has 2 rings (SSSR count). The van der Waals surface area contributed by atoms with Gasteiger partial charge in [0.2, 0.25) is 5.78 Å². The first kappa shape index (κ1) is 22.5. The van der Waals surface area contributed by atoms with Crippen LogP contribution in [0.25, 0.3) is 0 Å². The third-order valence-electron chi connectivity index (χ3n) is 4.65. The summed E-state index contributed by atoms with van der Waals surface area (Å²) in [7, 11) is 0. The Balaban J connectivity index is 2.26. The van der Waals surface area contributed by atoms with E-state index in [1.807, 2.05) is 18.6 Å². The Hall–Kier alpha value is -2.82. The molecule has 0 unspecified atom stereocenters. The van der Waals surface area contributed by atoms with E-state index >= 15 is 0 Å². The molecule has 1 heterocycles. The largest absolute Gasteiger partial charge is 0.298 e. The van der Waals surface area contributed by atoms with E-state index in [2.05, 4.69) is 6.08 Å². The van der Waals surface area contributed by atoms with Crippen LogP contribution < -0.4 is 0 Å². The van der Waals surface area contributed by atoms with Crippen LogP contribution in [-0.4, -0.2) is 34.7 Å². The number of rotatable bonds is 2. The molecule has 0 aromatic rings. The van der Waals surface area contributed by atoms with E-state index in [1.54, 1.807) is 12.2 Å². The van der Waals surface area contributed by atoms with Crippen LogP contribution in [0.5, 0.6) is 0 Å². The topological polar surface area (TPSA) is 71.5 Å². The third-order valence-corrected chi connectivity index (χ3v) is 4.65. The van der Waals surface area contributed by atoms with Gasteiger partial charge in [-0.1, -0.05) is 43.2 Å². The highest BCUT2D eigenvalue weighted by Gasteiger charge is 2.29. The van der Waals surface area contributed by atoms with Gasteiger partial charge < -0.3 is 0 Å². The van der Waals surface area contributed by atoms with Crippen molar-refractivity contribution in [3.8, 4) is 0 Å². The van der Waals surface area contributed by atoms with Crippen LogP contribution in [0, 0.1) is 6.42 Å². The van der Waals surface area contributed by atoms with Gasteiger partial charge in [-0.15, -0.1) is 0 Å². The molecule has 1 aliphatic carbocycles. The highest BCUT2D eigenvalue weighted by Crippen LogP contribution is 2.22. The molecule has 5 nitrogen and oxygen atoms in total. The second-order valence-electron chi connectivity index (χ2n) is 7.20. The molecule has 0 spiro atoms. The summed E-state index contributed by atoms with van der Waals surface area (Å²) in [6.07, 6.45) is 21.4. The van der Waals surface area contributed by atoms with Crippen molar-refractivity contribution >= 4 is 23.3 Å². The quantitative estimate of drug-likeness (QED) is 0.664. The first-order valence-electron chi connectivity index (χ1n) is 10.1. The Morgan fingerprint density at radius 1 is 0.966 bits per heavy atom. The van der Waals surface area contributed by atoms with Gasteiger partial charge in [0.1, 0.15) is 5.78 Å². The minimum atomic E-state index is -0.500. The highest BCUT2D eigenvalue weighted by molar-refractivity contribution is 6.21. The Kier molecular flexibility index (Phi) is 9.22. The summed E-state index contributed by atoms with van der Waals surface area (Å²) in [5.74, 6) is -1.44. The van der Waals surface area contributed by atoms with Crippen molar-refractivity contribution in [3.05, 3.63) is 66.3 Å². The number of carbonyl (C=O) groups excluding carboxylic acids is 4. The number of Topliss-reactive ketones (excluding diaryl/α,β-unsaturated/α-hetero) is 2. The Morgan fingerprint density at radius 2 is 1.76 bits per heavy atom. The number of hydrogen-bond donors (Lipinski definition) is 0. The number of hydrogen-bond acceptors (Lipinski definition) is 4. The number of allylic oxidation sites excluding steroid dienone is 8. The molecule has 2 bridgehead atoms. The Morgan fingerprint density at radius 3 is 2.55 bits per heavy atom. The fourth-order valence-corrected chi connectivity index (χ4v) is 3.20. The second-order valence-corrected chi connectivity index (χ2v) is 7.20. The monoisotopic (exact) mass is 394 g/mol. The van der Waals surface area contributed by atoms with Crippen LogP contribution in [0.4, 0.5) is 0 Å². The van der Waals surface area contributed by atoms with Gasteiger partial charge in [-0.25, -0.2) is 0 Å². The first-order valence-corrected chi connectivity index (χ1v) is 10.1. The maximum Gasteiger partial charge on any atom is 0.251 e. The molecular formula is C24H28NO4. The fraction of sp³-hybridized carbons (Fsp3) is 0.375. The van der Waals surface area contributed by atoms with E-state index in [9.17, 15) is 19.2 Å². The first-order chi connectivity index (χ1) is 14.0. The van der Waals surface area contributed by atoms with Crippen LogP contribution >= 0.6 is 0 Å². The van der Waals surface area contributed by atoms with E-state index in [0.29, 0.717) is 12.0 Å². The maximum absolute atomic E-state index is 12.9. The molecule has 0 aromatic carbocycles. The zero-order valence-electron chi connectivity index (χ0n) is 16.9. The third kappa shape index (κ3) is 7.60. The summed E-state index contributed by atoms with van der Waals surface area (Å²) >= 11 is 0. The van der Waals surface area contributed by atoms with Gasteiger partial charge in [0.15, 0.2) is 5.78 Å². The predicted octanol–water partition coefficient (Wildman–Crippen LogP) is 3.98. The number of fused-ring (bicyclic) bond motifs is 2. The van der Waals surface area contributed by atoms with E-state index in [1.165, 1.54) is 19.1 Å². The van der Waals surface area contributed by atoms with Crippen molar-refractivity contribution in [2.24, 2.45) is 0 Å². The Labute approximate surface area is 172 Å². The van der Waals surface area contributed by atoms with Gasteiger partial charge >= 0.3 is 0 Å². The molecule has 1 radical (unpaired) electrons. The van der Waals surface area contributed by atoms with Gasteiger partial charge in [-0.05, 0) is 51.5 Å². The van der Waals surface area contributed by atoms with Gasteiger partial charge in [0.25, 0.3) is 5.91 Å². The summed E-state index contributed by atoms with van der Waals surface area (Å²) in [5, 5.41) is 0. The van der Waals surface area contributed by atoms with E-state index in [-0.39, 0.29) is 29.6 Å². The van der Waals surface area contributed by atoms with Crippen molar-refractivity contribution < 1.29 is 19.2 Å². The highest BCUT2D eigenvalue weighted by atomic mass is 16.2. The lowest BCUT2D eigenvalue weighted by Gasteiger charge is -2.24. The average Bonchev–Trinajstić information content (AvgIpc) is 2.67. The molecule has 0 saturated carbocycles. The van der Waals surface area contributed by atoms with Crippen LogP contribution in [-0.2, 0) is 19.2 Å². The van der Waals surface area contributed by atoms with Gasteiger partial charge in [0.05, 0.1) is 12.2 Å². The van der Waals surface area contributed by atoms with Crippen molar-refractivity contribution in [3.63, 3.8) is 0 Å². The normalized spacial score (nSPS) is 23.2. The van der Waals surface area contributed by atoms with E-state index in [4.69, 9.17) is 0 Å². The zero-order valence-corrected chi connectivity index (χ0v) is 16.9. The number of nitrogens with zero attached hydrogens (tertiary/aromatic N) is 1. The van der Waals surface area contributed by atoms with Gasteiger partial charge in [0, 0.05) is 17.7 Å². The van der Waals surface area contributed by atoms with Gasteiger partial charge in [-0.3, -0.25) is 24.1 Å². The molecule has 5 heteroatoms. The van der Waals surface area contributed by atoms with Crippen molar-refractivity contribution in [1.29, 1.82) is 0 Å². The molecular weight excluding hydrogens is 366 g/mol. The molecule has 153 valence electrons. The summed E-state index contributed by atoms with van der Waals surface area (Å²) in [6, 6.07) is 0. The summed E-state index contributed by atoms with van der Waals surface area (Å²) in [6.45, 7) is 1.10. The molecule has 1 aliphatic heterocycles. The average molecular weight is 394 g/mol. The fourth-order valence-electron chi connectivity index (χ4n) is 3.20. The summed E-state index contributed by atoms with van der Waals surface area (Å²) in [5.41, 5.74) is 0.391. The lowest BCUT2D eigenvalue weighted by molar-refractivity contribution is -0.131. The maximum atomic E-state index is 12.9. The summed E-state index contributed by atoms with van der Waals surface area (Å²) < 4.78 is 0. The molecule has 0 aromatic heterocycles. The van der Waals surface area contributed by atoms with Crippen LogP contribution in [0.1, 0.15) is 51.9 Å². The lowest BCUT2D eigenvalue weighted by atomic mass is 9.94. The molecule has 1 amide bonds. The molecule has 2 aliphatic rings. The van der Waals surface area contributed by atoms with Crippen molar-refractivity contribution in [2.75, 3.05) is 6.54 Å². The van der Waals surface area contributed by atoms with Crippen LogP contribution in [0.15, 0.2) is 59.9 Å². The smallest absolute Gasteiger partial charge is 0.251 e. The second kappa shape index (κ2) is 11.9. The Bertz CT molecular complexity index is 796. The van der Waals surface area contributed by atoms with Crippen LogP contribution in [0.2, 0.25) is 0 Å². The van der Waals surface area contributed by atoms with Crippen molar-refractivity contribution in [2.45, 2.75) is 51.9 Å². The lowest BCUT2D eigenvalue weighted by Crippen LogP contribution is -2.38. The molecule has 29 heavy (non-hydrogen) atoms. The number of ketones is 3. The van der Waals surface area contributed by atoms with Crippen LogP contribution in [0.3, 0.4) is 0 Å². The standard InChI is InChI=1S/C24H28NO4/c1-19(26)18-25-22-17-21(27)16-20(24(22)29)14-12-10-8-6-4-2-3-5-7-9-11-13-15-23(25)28/h2-3,5,9,11,13,15-17H,4,6-8,10,12,14,18H2,1H3/b3-2+,11-9+,15-13+. The van der Waals surface area contributed by atoms with E-state index < -0.39 is 5.91 Å². The SMILES string of the molecule is CC(=O)CN1C(=O)/C=C/C=C/C[CH]/C=C/CCCCCCC2=CC(=O)C=C1C2=O. The summed E-state index contributed by atoms with van der Waals surface area (Å²) in [4.78, 5) is 50.5. The molecule has 0 atom stereocenters. The molecule has 0 N–H and O–H groups in total. The molecule has 0 fully saturated rings. The van der Waals surface area contributed by atoms with Crippen molar-refractivity contribution in [1.82, 2.24) is 4.90 Å². The molecule has 0 saturated heterocycles. The number of carbonyl (C=O) groups is 4.